The van der Waals surface area contributed by atoms with Gasteiger partial charge in [-0.15, -0.1) is 0 Å². The molecule has 1 aromatic heterocycles. The highest BCUT2D eigenvalue weighted by atomic mass is 16.4. The van der Waals surface area contributed by atoms with Gasteiger partial charge in [0.1, 0.15) is 18.1 Å². The molecule has 0 radical (unpaired) electrons. The Labute approximate surface area is 175 Å². The first-order valence-corrected chi connectivity index (χ1v) is 9.85. The van der Waals surface area contributed by atoms with E-state index < -0.39 is 41.8 Å². The number of nitrogens with zero attached hydrogens (tertiary/aromatic N) is 1. The molecule has 0 fully saturated rings. The summed E-state index contributed by atoms with van der Waals surface area (Å²) in [5.74, 6) is -3.13. The van der Waals surface area contributed by atoms with Crippen molar-refractivity contribution in [1.82, 2.24) is 25.9 Å². The minimum atomic E-state index is -1.15. The first-order valence-electron chi connectivity index (χ1n) is 9.85. The Morgan fingerprint density at radius 2 is 1.70 bits per heavy atom. The molecule has 0 aliphatic carbocycles. The second-order valence-corrected chi connectivity index (χ2v) is 7.86. The smallest absolute Gasteiger partial charge is 0.326 e. The lowest BCUT2D eigenvalue weighted by molar-refractivity contribution is -0.143. The molecule has 3 amide bonds. The number of nitrogens with one attached hydrogen (secondary N) is 4. The van der Waals surface area contributed by atoms with Gasteiger partial charge in [-0.25, -0.2) is 9.78 Å². The average Bonchev–Trinajstić information content (AvgIpc) is 3.16. The number of rotatable bonds is 12. The van der Waals surface area contributed by atoms with Gasteiger partial charge in [-0.2, -0.15) is 0 Å². The van der Waals surface area contributed by atoms with Gasteiger partial charge in [0.05, 0.1) is 12.9 Å². The van der Waals surface area contributed by atoms with E-state index in [0.29, 0.717) is 12.1 Å². The highest BCUT2D eigenvalue weighted by molar-refractivity contribution is 5.93. The zero-order valence-corrected chi connectivity index (χ0v) is 17.8. The number of carbonyl (C=O) groups is 4. The van der Waals surface area contributed by atoms with Gasteiger partial charge in [0.25, 0.3) is 0 Å². The van der Waals surface area contributed by atoms with Crippen LogP contribution in [0.3, 0.4) is 0 Å². The number of hydrogen-bond acceptors (Lipinski definition) is 6. The maximum atomic E-state index is 12.9. The molecule has 168 valence electrons. The second-order valence-electron chi connectivity index (χ2n) is 7.86. The van der Waals surface area contributed by atoms with Crippen LogP contribution in [0.5, 0.6) is 0 Å². The molecular weight excluding hydrogens is 392 g/mol. The van der Waals surface area contributed by atoms with E-state index in [0.717, 1.165) is 0 Å². The standard InChI is InChI=1S/C19H32N6O5/c1-10(2)5-13(18(28)25-16(11(3)4)19(29)30)24-17(27)14(23-15(26)7-20)6-12-8-21-9-22-12/h8-11,13-14,16H,5-7,20H2,1-4H3,(H,21,22)(H,23,26)(H,24,27)(H,25,28)(H,29,30)/t13-,14-,16-/m0/s1. The number of aromatic nitrogens is 2. The fourth-order valence-corrected chi connectivity index (χ4v) is 2.82. The van der Waals surface area contributed by atoms with Gasteiger partial charge in [0.15, 0.2) is 0 Å². The normalized spacial score (nSPS) is 14.1. The zero-order valence-electron chi connectivity index (χ0n) is 17.8. The fraction of sp³-hybridized carbons (Fsp3) is 0.632. The molecule has 1 aromatic rings. The third-order valence-corrected chi connectivity index (χ3v) is 4.39. The van der Waals surface area contributed by atoms with Crippen molar-refractivity contribution in [2.75, 3.05) is 6.54 Å². The van der Waals surface area contributed by atoms with Gasteiger partial charge < -0.3 is 31.8 Å². The van der Waals surface area contributed by atoms with Crippen LogP contribution in [0.2, 0.25) is 0 Å². The van der Waals surface area contributed by atoms with Crippen molar-refractivity contribution in [2.45, 2.75) is 58.7 Å². The molecule has 0 bridgehead atoms. The molecule has 1 heterocycles. The lowest BCUT2D eigenvalue weighted by Crippen LogP contribution is -2.57. The Kier molecular flexibility index (Phi) is 9.96. The van der Waals surface area contributed by atoms with E-state index in [1.165, 1.54) is 12.5 Å². The predicted molar refractivity (Wildman–Crippen MR) is 109 cm³/mol. The number of nitrogens with two attached hydrogens (primary N) is 1. The van der Waals surface area contributed by atoms with Crippen molar-refractivity contribution in [3.05, 3.63) is 18.2 Å². The summed E-state index contributed by atoms with van der Waals surface area (Å²) in [4.78, 5) is 55.5. The van der Waals surface area contributed by atoms with E-state index in [9.17, 15) is 24.3 Å². The first-order chi connectivity index (χ1) is 14.0. The number of aromatic amines is 1. The number of aliphatic carboxylic acids is 1. The minimum Gasteiger partial charge on any atom is -0.480 e. The molecule has 30 heavy (non-hydrogen) atoms. The molecule has 7 N–H and O–H groups in total. The Hall–Kier alpha value is -2.95. The van der Waals surface area contributed by atoms with Crippen molar-refractivity contribution in [1.29, 1.82) is 0 Å². The third kappa shape index (κ3) is 8.19. The molecule has 3 atom stereocenters. The van der Waals surface area contributed by atoms with E-state index in [2.05, 4.69) is 25.9 Å². The van der Waals surface area contributed by atoms with Crippen LogP contribution in [0.25, 0.3) is 0 Å². The van der Waals surface area contributed by atoms with Gasteiger partial charge in [0, 0.05) is 18.3 Å². The van der Waals surface area contributed by atoms with Gasteiger partial charge in [-0.1, -0.05) is 27.7 Å². The van der Waals surface area contributed by atoms with Crippen LogP contribution in [0.1, 0.15) is 39.8 Å². The monoisotopic (exact) mass is 424 g/mol. The van der Waals surface area contributed by atoms with Gasteiger partial charge in [-0.05, 0) is 18.3 Å². The Bertz CT molecular complexity index is 719. The lowest BCUT2D eigenvalue weighted by Gasteiger charge is -2.26. The highest BCUT2D eigenvalue weighted by Crippen LogP contribution is 2.09. The maximum Gasteiger partial charge on any atom is 0.326 e. The summed E-state index contributed by atoms with van der Waals surface area (Å²) < 4.78 is 0. The largest absolute Gasteiger partial charge is 0.480 e. The zero-order chi connectivity index (χ0) is 22.8. The number of H-pyrrole nitrogens is 1. The van der Waals surface area contributed by atoms with E-state index in [1.807, 2.05) is 13.8 Å². The Balaban J connectivity index is 2.97. The van der Waals surface area contributed by atoms with Crippen LogP contribution in [-0.4, -0.2) is 63.4 Å². The summed E-state index contributed by atoms with van der Waals surface area (Å²) in [6.45, 7) is 6.82. The molecule has 11 heteroatoms. The molecule has 11 nitrogen and oxygen atoms in total. The molecular formula is C19H32N6O5. The van der Waals surface area contributed by atoms with Crippen LogP contribution in [0, 0.1) is 11.8 Å². The average molecular weight is 425 g/mol. The lowest BCUT2D eigenvalue weighted by atomic mass is 10.00. The van der Waals surface area contributed by atoms with Crippen molar-refractivity contribution in [3.63, 3.8) is 0 Å². The van der Waals surface area contributed by atoms with Crippen molar-refractivity contribution < 1.29 is 24.3 Å². The third-order valence-electron chi connectivity index (χ3n) is 4.39. The second kappa shape index (κ2) is 11.9. The minimum absolute atomic E-state index is 0.0491. The summed E-state index contributed by atoms with van der Waals surface area (Å²) in [6.07, 6.45) is 3.39. The molecule has 0 spiro atoms. The highest BCUT2D eigenvalue weighted by Gasteiger charge is 2.31. The number of carboxylic acid groups (broad SMARTS) is 1. The molecule has 0 saturated heterocycles. The maximum absolute atomic E-state index is 12.9. The van der Waals surface area contributed by atoms with Crippen LogP contribution >= 0.6 is 0 Å². The Morgan fingerprint density at radius 1 is 1.07 bits per heavy atom. The van der Waals surface area contributed by atoms with E-state index >= 15 is 0 Å². The molecule has 0 aliphatic rings. The van der Waals surface area contributed by atoms with E-state index in [-0.39, 0.29) is 24.8 Å². The number of imidazole rings is 1. The van der Waals surface area contributed by atoms with Crippen molar-refractivity contribution >= 4 is 23.7 Å². The van der Waals surface area contributed by atoms with Gasteiger partial charge in [0.2, 0.25) is 17.7 Å². The summed E-state index contributed by atoms with van der Waals surface area (Å²) in [5.41, 5.74) is 5.95. The van der Waals surface area contributed by atoms with Crippen LogP contribution < -0.4 is 21.7 Å². The van der Waals surface area contributed by atoms with Gasteiger partial charge in [-0.3, -0.25) is 14.4 Å². The molecule has 1 rings (SSSR count). The van der Waals surface area contributed by atoms with Crippen LogP contribution in [0.15, 0.2) is 12.5 Å². The topological polar surface area (TPSA) is 179 Å². The molecule has 0 aliphatic heterocycles. The van der Waals surface area contributed by atoms with E-state index in [1.54, 1.807) is 13.8 Å². The van der Waals surface area contributed by atoms with Crippen LogP contribution in [0.4, 0.5) is 0 Å². The number of amides is 3. The number of carbonyl (C=O) groups excluding carboxylic acids is 3. The SMILES string of the molecule is CC(C)C[C@H](NC(=O)[C@H](Cc1cnc[nH]1)NC(=O)CN)C(=O)N[C@H](C(=O)O)C(C)C. The fourth-order valence-electron chi connectivity index (χ4n) is 2.82. The van der Waals surface area contributed by atoms with Gasteiger partial charge >= 0.3 is 5.97 Å². The summed E-state index contributed by atoms with van der Waals surface area (Å²) in [7, 11) is 0. The van der Waals surface area contributed by atoms with E-state index in [4.69, 9.17) is 5.73 Å². The quantitative estimate of drug-likeness (QED) is 0.253. The first kappa shape index (κ1) is 25.1. The molecule has 0 aromatic carbocycles. The van der Waals surface area contributed by atoms with Crippen molar-refractivity contribution in [3.8, 4) is 0 Å². The summed E-state index contributed by atoms with van der Waals surface area (Å²) in [6, 6.07) is -3.02. The number of carboxylic acids is 1. The van der Waals surface area contributed by atoms with Crippen LogP contribution in [-0.2, 0) is 25.6 Å². The molecule has 0 unspecified atom stereocenters. The summed E-state index contributed by atoms with van der Waals surface area (Å²) in [5, 5.41) is 17.0. The Morgan fingerprint density at radius 3 is 2.17 bits per heavy atom. The van der Waals surface area contributed by atoms with Crippen molar-refractivity contribution in [2.24, 2.45) is 17.6 Å². The molecule has 0 saturated carbocycles. The number of hydrogen-bond donors (Lipinski definition) is 6. The summed E-state index contributed by atoms with van der Waals surface area (Å²) >= 11 is 0. The predicted octanol–water partition coefficient (Wildman–Crippen LogP) is -0.848.